The van der Waals surface area contributed by atoms with Crippen molar-refractivity contribution in [2.24, 2.45) is 5.92 Å². The second-order valence-electron chi connectivity index (χ2n) is 5.42. The van der Waals surface area contributed by atoms with Crippen LogP contribution < -0.4 is 5.32 Å². The standard InChI is InChI=1S/C13H22N4O/c1-3-18-11-6-10(7-11)8-12-15-16-13-9(2)14-4-5-17(12)13/h9-11,14H,3-8H2,1-2H3. The Labute approximate surface area is 108 Å². The zero-order valence-electron chi connectivity index (χ0n) is 11.2. The number of hydrogen-bond donors (Lipinski definition) is 1. The second-order valence-corrected chi connectivity index (χ2v) is 5.42. The largest absolute Gasteiger partial charge is 0.378 e. The fourth-order valence-corrected chi connectivity index (χ4v) is 3.02. The monoisotopic (exact) mass is 250 g/mol. The molecule has 0 spiro atoms. The number of ether oxygens (including phenoxy) is 1. The summed E-state index contributed by atoms with van der Waals surface area (Å²) in [5, 5.41) is 12.1. The summed E-state index contributed by atoms with van der Waals surface area (Å²) in [4.78, 5) is 0. The molecule has 1 atom stereocenters. The maximum atomic E-state index is 5.60. The number of aromatic nitrogens is 3. The molecule has 1 aromatic rings. The fraction of sp³-hybridized carbons (Fsp3) is 0.846. The highest BCUT2D eigenvalue weighted by molar-refractivity contribution is 5.05. The lowest BCUT2D eigenvalue weighted by atomic mass is 9.80. The molecule has 1 N–H and O–H groups in total. The first-order valence-corrected chi connectivity index (χ1v) is 7.05. The lowest BCUT2D eigenvalue weighted by molar-refractivity contribution is -0.0247. The topological polar surface area (TPSA) is 52.0 Å². The molecule has 0 radical (unpaired) electrons. The molecular weight excluding hydrogens is 228 g/mol. The van der Waals surface area contributed by atoms with Gasteiger partial charge in [0.1, 0.15) is 11.6 Å². The Morgan fingerprint density at radius 1 is 1.39 bits per heavy atom. The summed E-state index contributed by atoms with van der Waals surface area (Å²) in [5.41, 5.74) is 0. The molecule has 1 unspecified atom stereocenters. The van der Waals surface area contributed by atoms with Crippen molar-refractivity contribution in [3.8, 4) is 0 Å². The third-order valence-electron chi connectivity index (χ3n) is 4.10. The second kappa shape index (κ2) is 4.97. The summed E-state index contributed by atoms with van der Waals surface area (Å²) in [6.07, 6.45) is 3.92. The van der Waals surface area contributed by atoms with Gasteiger partial charge in [0.05, 0.1) is 12.1 Å². The maximum absolute atomic E-state index is 5.60. The Balaban J connectivity index is 1.61. The smallest absolute Gasteiger partial charge is 0.149 e. The highest BCUT2D eigenvalue weighted by Gasteiger charge is 2.32. The summed E-state index contributed by atoms with van der Waals surface area (Å²) in [6.45, 7) is 7.07. The molecule has 1 saturated carbocycles. The summed E-state index contributed by atoms with van der Waals surface area (Å²) < 4.78 is 7.90. The van der Waals surface area contributed by atoms with E-state index in [4.69, 9.17) is 4.74 Å². The molecule has 18 heavy (non-hydrogen) atoms. The lowest BCUT2D eigenvalue weighted by Crippen LogP contribution is -2.35. The van der Waals surface area contributed by atoms with Crippen LogP contribution in [-0.2, 0) is 17.7 Å². The Hall–Kier alpha value is -0.940. The predicted octanol–water partition coefficient (Wildman–Crippen LogP) is 1.30. The van der Waals surface area contributed by atoms with E-state index in [0.717, 1.165) is 37.9 Å². The minimum atomic E-state index is 0.331. The van der Waals surface area contributed by atoms with Crippen molar-refractivity contribution in [2.75, 3.05) is 13.2 Å². The zero-order valence-corrected chi connectivity index (χ0v) is 11.2. The highest BCUT2D eigenvalue weighted by atomic mass is 16.5. The van der Waals surface area contributed by atoms with Crippen molar-refractivity contribution in [2.45, 2.75) is 51.8 Å². The molecule has 2 aliphatic rings. The van der Waals surface area contributed by atoms with Crippen molar-refractivity contribution in [3.63, 3.8) is 0 Å². The van der Waals surface area contributed by atoms with Crippen LogP contribution in [0.4, 0.5) is 0 Å². The van der Waals surface area contributed by atoms with Gasteiger partial charge in [-0.2, -0.15) is 0 Å². The van der Waals surface area contributed by atoms with E-state index in [2.05, 4.69) is 33.9 Å². The average molecular weight is 250 g/mol. The van der Waals surface area contributed by atoms with Gasteiger partial charge >= 0.3 is 0 Å². The quantitative estimate of drug-likeness (QED) is 0.875. The first-order chi connectivity index (χ1) is 8.78. The number of nitrogens with one attached hydrogen (secondary N) is 1. The van der Waals surface area contributed by atoms with E-state index in [0.29, 0.717) is 12.1 Å². The summed E-state index contributed by atoms with van der Waals surface area (Å²) in [5.74, 6) is 3.00. The van der Waals surface area contributed by atoms with E-state index >= 15 is 0 Å². The van der Waals surface area contributed by atoms with E-state index in [1.165, 1.54) is 18.7 Å². The lowest BCUT2D eigenvalue weighted by Gasteiger charge is -2.35. The minimum Gasteiger partial charge on any atom is -0.378 e. The van der Waals surface area contributed by atoms with E-state index in [-0.39, 0.29) is 0 Å². The average Bonchev–Trinajstić information content (AvgIpc) is 2.71. The molecule has 5 nitrogen and oxygen atoms in total. The van der Waals surface area contributed by atoms with Crippen LogP contribution in [-0.4, -0.2) is 34.0 Å². The first kappa shape index (κ1) is 12.1. The molecule has 5 heteroatoms. The Morgan fingerprint density at radius 3 is 3.00 bits per heavy atom. The van der Waals surface area contributed by atoms with Crippen molar-refractivity contribution in [1.82, 2.24) is 20.1 Å². The van der Waals surface area contributed by atoms with Crippen molar-refractivity contribution >= 4 is 0 Å². The van der Waals surface area contributed by atoms with E-state index < -0.39 is 0 Å². The molecule has 1 aromatic heterocycles. The van der Waals surface area contributed by atoms with Crippen molar-refractivity contribution in [1.29, 1.82) is 0 Å². The van der Waals surface area contributed by atoms with Gasteiger partial charge in [0.25, 0.3) is 0 Å². The fourth-order valence-electron chi connectivity index (χ4n) is 3.02. The Kier molecular flexibility index (Phi) is 3.35. The molecule has 0 bridgehead atoms. The molecule has 2 heterocycles. The molecule has 0 saturated heterocycles. The van der Waals surface area contributed by atoms with Gasteiger partial charge < -0.3 is 14.6 Å². The van der Waals surface area contributed by atoms with Gasteiger partial charge in [-0.1, -0.05) is 0 Å². The zero-order chi connectivity index (χ0) is 12.5. The van der Waals surface area contributed by atoms with Gasteiger partial charge in [-0.15, -0.1) is 10.2 Å². The summed E-state index contributed by atoms with van der Waals surface area (Å²) in [7, 11) is 0. The summed E-state index contributed by atoms with van der Waals surface area (Å²) >= 11 is 0. The summed E-state index contributed by atoms with van der Waals surface area (Å²) in [6, 6.07) is 0.331. The molecule has 1 aliphatic carbocycles. The molecule has 1 fully saturated rings. The van der Waals surface area contributed by atoms with Gasteiger partial charge in [0, 0.05) is 26.1 Å². The van der Waals surface area contributed by atoms with Crippen LogP contribution in [0.15, 0.2) is 0 Å². The van der Waals surface area contributed by atoms with E-state index in [1.807, 2.05) is 0 Å². The van der Waals surface area contributed by atoms with Crippen LogP contribution in [0.2, 0.25) is 0 Å². The van der Waals surface area contributed by atoms with Crippen LogP contribution in [0, 0.1) is 5.92 Å². The van der Waals surface area contributed by atoms with Gasteiger partial charge in [0.15, 0.2) is 0 Å². The van der Waals surface area contributed by atoms with Gasteiger partial charge in [-0.05, 0) is 32.6 Å². The Morgan fingerprint density at radius 2 is 2.22 bits per heavy atom. The Bertz CT molecular complexity index is 411. The number of fused-ring (bicyclic) bond motifs is 1. The maximum Gasteiger partial charge on any atom is 0.149 e. The van der Waals surface area contributed by atoms with Gasteiger partial charge in [-0.25, -0.2) is 0 Å². The van der Waals surface area contributed by atoms with Crippen LogP contribution in [0.3, 0.4) is 0 Å². The molecule has 0 amide bonds. The number of nitrogens with zero attached hydrogens (tertiary/aromatic N) is 3. The van der Waals surface area contributed by atoms with Crippen LogP contribution in [0.25, 0.3) is 0 Å². The van der Waals surface area contributed by atoms with E-state index in [1.54, 1.807) is 0 Å². The molecule has 0 aromatic carbocycles. The van der Waals surface area contributed by atoms with Gasteiger partial charge in [0.2, 0.25) is 0 Å². The van der Waals surface area contributed by atoms with Gasteiger partial charge in [-0.3, -0.25) is 0 Å². The molecule has 100 valence electrons. The predicted molar refractivity (Wildman–Crippen MR) is 68.3 cm³/mol. The molecular formula is C13H22N4O. The van der Waals surface area contributed by atoms with E-state index in [9.17, 15) is 0 Å². The van der Waals surface area contributed by atoms with Crippen LogP contribution in [0.1, 0.15) is 44.4 Å². The SMILES string of the molecule is CCOC1CC(Cc2nnc3n2CCNC3C)C1. The third-order valence-corrected chi connectivity index (χ3v) is 4.10. The first-order valence-electron chi connectivity index (χ1n) is 7.05. The number of hydrogen-bond acceptors (Lipinski definition) is 4. The van der Waals surface area contributed by atoms with Crippen molar-refractivity contribution in [3.05, 3.63) is 11.6 Å². The van der Waals surface area contributed by atoms with Crippen molar-refractivity contribution < 1.29 is 4.74 Å². The normalized spacial score (nSPS) is 30.9. The highest BCUT2D eigenvalue weighted by Crippen LogP contribution is 2.33. The molecule has 3 rings (SSSR count). The minimum absolute atomic E-state index is 0.331. The number of rotatable bonds is 4. The van der Waals surface area contributed by atoms with Crippen LogP contribution >= 0.6 is 0 Å². The van der Waals surface area contributed by atoms with Crippen LogP contribution in [0.5, 0.6) is 0 Å². The third kappa shape index (κ3) is 2.17. The molecule has 1 aliphatic heterocycles.